The minimum Gasteiger partial charge on any atom is -0.370 e. The van der Waals surface area contributed by atoms with Crippen LogP contribution in [-0.2, 0) is 16.6 Å². The topological polar surface area (TPSA) is 103 Å². The van der Waals surface area contributed by atoms with Crippen LogP contribution in [0, 0.1) is 30.0 Å². The van der Waals surface area contributed by atoms with E-state index in [0.717, 1.165) is 37.3 Å². The second-order valence-electron chi connectivity index (χ2n) is 9.12. The van der Waals surface area contributed by atoms with Gasteiger partial charge >= 0.3 is 0 Å². The van der Waals surface area contributed by atoms with Crippen LogP contribution < -0.4 is 10.2 Å². The van der Waals surface area contributed by atoms with Crippen LogP contribution >= 0.6 is 0 Å². The molecule has 0 radical (unpaired) electrons. The largest absolute Gasteiger partial charge is 0.370 e. The van der Waals surface area contributed by atoms with Gasteiger partial charge in [-0.2, -0.15) is 5.26 Å². The zero-order valence-corrected chi connectivity index (χ0v) is 19.6. The molecule has 1 aliphatic rings. The van der Waals surface area contributed by atoms with Crippen LogP contribution in [0.5, 0.6) is 0 Å². The number of aromatic nitrogens is 2. The Morgan fingerprint density at radius 3 is 2.70 bits per heavy atom. The summed E-state index contributed by atoms with van der Waals surface area (Å²) >= 11 is 0. The van der Waals surface area contributed by atoms with Gasteiger partial charge in [0.2, 0.25) is 5.91 Å². The van der Waals surface area contributed by atoms with Gasteiger partial charge in [0, 0.05) is 32.9 Å². The summed E-state index contributed by atoms with van der Waals surface area (Å²) in [5.41, 5.74) is 1.90. The number of halogens is 1. The summed E-state index contributed by atoms with van der Waals surface area (Å²) in [5, 5.41) is 22.4. The quantitative estimate of drug-likeness (QED) is 0.591. The number of aryl methyl sites for hydroxylation is 2. The van der Waals surface area contributed by atoms with Crippen molar-refractivity contribution < 1.29 is 19.0 Å². The molecule has 178 valence electrons. The molecule has 0 unspecified atom stereocenters. The molecular formula is C24H32FN5O3. The number of carbonyl (C=O) groups excluding carboxylic acids is 1. The molecule has 0 bridgehead atoms. The number of ether oxygens (including phenoxy) is 1. The van der Waals surface area contributed by atoms with Crippen LogP contribution in [-0.4, -0.2) is 46.0 Å². The highest BCUT2D eigenvalue weighted by molar-refractivity contribution is 5.76. The molecule has 33 heavy (non-hydrogen) atoms. The monoisotopic (exact) mass is 457 g/mol. The smallest absolute Gasteiger partial charge is 0.223 e. The maximum atomic E-state index is 13.4. The van der Waals surface area contributed by atoms with E-state index in [9.17, 15) is 19.6 Å². The first kappa shape index (κ1) is 24.7. The van der Waals surface area contributed by atoms with Gasteiger partial charge in [-0.1, -0.05) is 0 Å². The molecule has 0 aliphatic carbocycles. The van der Waals surface area contributed by atoms with Gasteiger partial charge in [0.15, 0.2) is 5.79 Å². The van der Waals surface area contributed by atoms with E-state index in [4.69, 9.17) is 4.74 Å². The first-order valence-electron chi connectivity index (χ1n) is 11.2. The summed E-state index contributed by atoms with van der Waals surface area (Å²) in [6.45, 7) is 6.93. The highest BCUT2D eigenvalue weighted by atomic mass is 19.1. The average Bonchev–Trinajstić information content (AvgIpc) is 3.09. The normalized spacial score (nSPS) is 15.8. The average molecular weight is 458 g/mol. The van der Waals surface area contributed by atoms with Gasteiger partial charge < -0.3 is 24.6 Å². The number of rotatable bonds is 8. The van der Waals surface area contributed by atoms with E-state index in [0.29, 0.717) is 23.9 Å². The molecule has 1 atom stereocenters. The van der Waals surface area contributed by atoms with E-state index in [2.05, 4.69) is 21.3 Å². The van der Waals surface area contributed by atoms with Crippen molar-refractivity contribution in [3.05, 3.63) is 47.3 Å². The van der Waals surface area contributed by atoms with E-state index in [1.54, 1.807) is 10.6 Å². The third-order valence-electron chi connectivity index (χ3n) is 5.74. The second kappa shape index (κ2) is 10.3. The number of aliphatic hydroxyl groups is 1. The van der Waals surface area contributed by atoms with E-state index in [1.807, 2.05) is 20.2 Å². The zero-order valence-electron chi connectivity index (χ0n) is 19.6. The van der Waals surface area contributed by atoms with Crippen LogP contribution in [0.15, 0.2) is 24.4 Å². The van der Waals surface area contributed by atoms with Gasteiger partial charge in [-0.25, -0.2) is 9.37 Å². The lowest BCUT2D eigenvalue weighted by atomic mass is 9.95. The molecule has 2 heterocycles. The van der Waals surface area contributed by atoms with Crippen molar-refractivity contribution in [2.75, 3.05) is 24.5 Å². The second-order valence-corrected chi connectivity index (χ2v) is 9.12. The van der Waals surface area contributed by atoms with Crippen LogP contribution in [0.25, 0.3) is 0 Å². The number of hydrogen-bond acceptors (Lipinski definition) is 6. The molecular weight excluding hydrogens is 425 g/mol. The van der Waals surface area contributed by atoms with E-state index in [-0.39, 0.29) is 12.3 Å². The van der Waals surface area contributed by atoms with Crippen LogP contribution in [0.1, 0.15) is 56.3 Å². The Bertz CT molecular complexity index is 1020. The first-order chi connectivity index (χ1) is 15.6. The Morgan fingerprint density at radius 2 is 2.12 bits per heavy atom. The van der Waals surface area contributed by atoms with Gasteiger partial charge in [-0.3, -0.25) is 4.79 Å². The lowest BCUT2D eigenvalue weighted by Crippen LogP contribution is -2.39. The number of nitrogens with one attached hydrogen (secondary N) is 1. The number of anilines is 1. The number of carbonyl (C=O) groups is 1. The number of piperidine rings is 1. The third-order valence-corrected chi connectivity index (χ3v) is 5.74. The molecule has 3 rings (SSSR count). The van der Waals surface area contributed by atoms with Crippen molar-refractivity contribution in [3.8, 4) is 6.07 Å². The number of hydrogen-bond donors (Lipinski definition) is 2. The van der Waals surface area contributed by atoms with Crippen molar-refractivity contribution in [2.45, 2.75) is 51.9 Å². The number of benzene rings is 1. The van der Waals surface area contributed by atoms with Gasteiger partial charge in [-0.15, -0.1) is 0 Å². The minimum absolute atomic E-state index is 0.0498. The fourth-order valence-corrected chi connectivity index (χ4v) is 4.22. The predicted octanol–water partition coefficient (Wildman–Crippen LogP) is 2.95. The highest BCUT2D eigenvalue weighted by Gasteiger charge is 2.28. The highest BCUT2D eigenvalue weighted by Crippen LogP contribution is 2.28. The van der Waals surface area contributed by atoms with E-state index >= 15 is 0 Å². The summed E-state index contributed by atoms with van der Waals surface area (Å²) in [4.78, 5) is 19.2. The Hall–Kier alpha value is -2.96. The summed E-state index contributed by atoms with van der Waals surface area (Å²) in [5.74, 6) is -1.09. The maximum Gasteiger partial charge on any atom is 0.223 e. The summed E-state index contributed by atoms with van der Waals surface area (Å²) < 4.78 is 20.9. The molecule has 0 spiro atoms. The van der Waals surface area contributed by atoms with Crippen molar-refractivity contribution >= 4 is 11.6 Å². The molecule has 0 saturated carbocycles. The van der Waals surface area contributed by atoms with Crippen LogP contribution in [0.3, 0.4) is 0 Å². The van der Waals surface area contributed by atoms with Gasteiger partial charge in [0.05, 0.1) is 23.4 Å². The summed E-state index contributed by atoms with van der Waals surface area (Å²) in [7, 11) is 1.83. The molecule has 1 aromatic carbocycles. The minimum atomic E-state index is -1.40. The third kappa shape index (κ3) is 6.76. The van der Waals surface area contributed by atoms with Crippen molar-refractivity contribution in [1.29, 1.82) is 5.26 Å². The molecule has 9 heteroatoms. The number of imidazole rings is 1. The summed E-state index contributed by atoms with van der Waals surface area (Å²) in [6.07, 6.45) is 2.93. The fraction of sp³-hybridized carbons (Fsp3) is 0.542. The Morgan fingerprint density at radius 1 is 1.42 bits per heavy atom. The summed E-state index contributed by atoms with van der Waals surface area (Å²) in [6, 6.07) is 6.35. The number of amides is 1. The van der Waals surface area contributed by atoms with Crippen LogP contribution in [0.4, 0.5) is 10.1 Å². The standard InChI is InChI=1S/C24H32FN5O3/c1-16-15-29(4)23(28-16)21(33-24(2,3)32)12-22(31)27-14-17-7-9-30(10-8-17)20-6-5-19(25)11-18(20)13-26/h5-6,11,15,17,21,32H,7-10,12,14H2,1-4H3,(H,27,31)/t21-/m1/s1. The molecule has 1 aromatic heterocycles. The molecule has 1 saturated heterocycles. The first-order valence-corrected chi connectivity index (χ1v) is 11.2. The molecule has 1 aliphatic heterocycles. The molecule has 2 N–H and O–H groups in total. The van der Waals surface area contributed by atoms with Crippen molar-refractivity contribution in [3.63, 3.8) is 0 Å². The predicted molar refractivity (Wildman–Crippen MR) is 122 cm³/mol. The lowest BCUT2D eigenvalue weighted by Gasteiger charge is -2.34. The van der Waals surface area contributed by atoms with E-state index < -0.39 is 17.7 Å². The van der Waals surface area contributed by atoms with Crippen molar-refractivity contribution in [2.24, 2.45) is 13.0 Å². The maximum absolute atomic E-state index is 13.4. The Labute approximate surface area is 194 Å². The lowest BCUT2D eigenvalue weighted by molar-refractivity contribution is -0.211. The SMILES string of the molecule is Cc1cn(C)c([C@@H](CC(=O)NCC2CCN(c3ccc(F)cc3C#N)CC2)OC(C)(C)O)n1. The zero-order chi connectivity index (χ0) is 24.2. The van der Waals surface area contributed by atoms with E-state index in [1.165, 1.54) is 26.0 Å². The van der Waals surface area contributed by atoms with Gasteiger partial charge in [0.25, 0.3) is 0 Å². The number of nitrogens with zero attached hydrogens (tertiary/aromatic N) is 4. The Kier molecular flexibility index (Phi) is 7.72. The molecule has 8 nitrogen and oxygen atoms in total. The molecule has 2 aromatic rings. The molecule has 1 amide bonds. The number of nitriles is 1. The van der Waals surface area contributed by atoms with Gasteiger partial charge in [0.1, 0.15) is 23.8 Å². The van der Waals surface area contributed by atoms with Crippen molar-refractivity contribution in [1.82, 2.24) is 14.9 Å². The van der Waals surface area contributed by atoms with Gasteiger partial charge in [-0.05, 0) is 57.7 Å². The van der Waals surface area contributed by atoms with Crippen LogP contribution in [0.2, 0.25) is 0 Å². The Balaban J connectivity index is 1.53. The molecule has 1 fully saturated rings. The fourth-order valence-electron chi connectivity index (χ4n) is 4.22.